The SMILES string of the molecule is Cc1nn(CC(=O)NCCc2cn[nH]c2)c(=O)n1-c1ccc2c(c1)OCO2. The van der Waals surface area contributed by atoms with Gasteiger partial charge in [0.05, 0.1) is 11.9 Å². The van der Waals surface area contributed by atoms with Crippen molar-refractivity contribution in [3.05, 3.63) is 52.5 Å². The zero-order valence-corrected chi connectivity index (χ0v) is 14.6. The van der Waals surface area contributed by atoms with Gasteiger partial charge in [-0.2, -0.15) is 10.2 Å². The fourth-order valence-electron chi connectivity index (χ4n) is 2.89. The highest BCUT2D eigenvalue weighted by Crippen LogP contribution is 2.33. The molecule has 0 aliphatic carbocycles. The van der Waals surface area contributed by atoms with Gasteiger partial charge in [0.15, 0.2) is 11.5 Å². The fourth-order valence-corrected chi connectivity index (χ4v) is 2.89. The van der Waals surface area contributed by atoms with Crippen LogP contribution >= 0.6 is 0 Å². The number of hydrogen-bond donors (Lipinski definition) is 2. The molecule has 0 saturated heterocycles. The zero-order valence-electron chi connectivity index (χ0n) is 14.6. The number of rotatable bonds is 6. The molecule has 0 fully saturated rings. The molecule has 10 nitrogen and oxygen atoms in total. The summed E-state index contributed by atoms with van der Waals surface area (Å²) in [6.07, 6.45) is 4.13. The number of H-pyrrole nitrogens is 1. The first-order chi connectivity index (χ1) is 13.1. The second kappa shape index (κ2) is 6.98. The van der Waals surface area contributed by atoms with E-state index in [-0.39, 0.29) is 19.2 Å². The van der Waals surface area contributed by atoms with E-state index in [1.165, 1.54) is 4.57 Å². The Morgan fingerprint density at radius 2 is 2.19 bits per heavy atom. The van der Waals surface area contributed by atoms with Gasteiger partial charge < -0.3 is 14.8 Å². The Hall–Kier alpha value is -3.56. The number of aromatic amines is 1. The molecule has 4 rings (SSSR count). The number of hydrogen-bond acceptors (Lipinski definition) is 6. The van der Waals surface area contributed by atoms with Gasteiger partial charge in [-0.15, -0.1) is 0 Å². The van der Waals surface area contributed by atoms with Gasteiger partial charge in [0.2, 0.25) is 12.7 Å². The fraction of sp³-hybridized carbons (Fsp3) is 0.294. The number of fused-ring (bicyclic) bond motifs is 1. The first-order valence-electron chi connectivity index (χ1n) is 8.42. The van der Waals surface area contributed by atoms with Gasteiger partial charge in [-0.3, -0.25) is 9.89 Å². The van der Waals surface area contributed by atoms with Crippen molar-refractivity contribution < 1.29 is 14.3 Å². The lowest BCUT2D eigenvalue weighted by atomic mass is 10.2. The van der Waals surface area contributed by atoms with E-state index in [0.717, 1.165) is 10.2 Å². The Morgan fingerprint density at radius 3 is 3.00 bits per heavy atom. The largest absolute Gasteiger partial charge is 0.454 e. The van der Waals surface area contributed by atoms with Gasteiger partial charge in [-0.1, -0.05) is 0 Å². The van der Waals surface area contributed by atoms with Crippen molar-refractivity contribution in [2.75, 3.05) is 13.3 Å². The first kappa shape index (κ1) is 16.9. The summed E-state index contributed by atoms with van der Waals surface area (Å²) in [5, 5.41) is 13.5. The van der Waals surface area contributed by atoms with E-state index < -0.39 is 5.69 Å². The minimum Gasteiger partial charge on any atom is -0.454 e. The maximum absolute atomic E-state index is 12.7. The third kappa shape index (κ3) is 3.41. The molecule has 0 atom stereocenters. The standard InChI is InChI=1S/C17H18N6O4/c1-11-21-22(9-16(24)18-5-4-12-7-19-20-8-12)17(25)23(11)13-2-3-14-15(6-13)27-10-26-14/h2-3,6-8H,4-5,9-10H2,1H3,(H,18,24)(H,19,20). The van der Waals surface area contributed by atoms with Gasteiger partial charge in [0, 0.05) is 18.8 Å². The average molecular weight is 370 g/mol. The Labute approximate surface area is 153 Å². The smallest absolute Gasteiger partial charge is 0.351 e. The summed E-state index contributed by atoms with van der Waals surface area (Å²) in [5.41, 5.74) is 1.21. The number of aryl methyl sites for hydroxylation is 1. The van der Waals surface area contributed by atoms with Crippen molar-refractivity contribution in [3.8, 4) is 17.2 Å². The van der Waals surface area contributed by atoms with Crippen LogP contribution < -0.4 is 20.5 Å². The number of carbonyl (C=O) groups excluding carboxylic acids is 1. The van der Waals surface area contributed by atoms with E-state index in [1.54, 1.807) is 37.5 Å². The van der Waals surface area contributed by atoms with Crippen molar-refractivity contribution in [1.82, 2.24) is 29.9 Å². The van der Waals surface area contributed by atoms with Crippen LogP contribution in [0.3, 0.4) is 0 Å². The lowest BCUT2D eigenvalue weighted by Gasteiger charge is -2.04. The molecule has 2 N–H and O–H groups in total. The third-order valence-electron chi connectivity index (χ3n) is 4.20. The summed E-state index contributed by atoms with van der Waals surface area (Å²) in [4.78, 5) is 24.8. The Morgan fingerprint density at radius 1 is 1.33 bits per heavy atom. The van der Waals surface area contributed by atoms with Crippen molar-refractivity contribution >= 4 is 5.91 Å². The summed E-state index contributed by atoms with van der Waals surface area (Å²) < 4.78 is 13.2. The van der Waals surface area contributed by atoms with Crippen LogP contribution in [-0.4, -0.2) is 43.8 Å². The van der Waals surface area contributed by atoms with E-state index in [1.807, 2.05) is 0 Å². The number of aromatic nitrogens is 5. The normalized spacial score (nSPS) is 12.3. The van der Waals surface area contributed by atoms with Crippen molar-refractivity contribution in [2.24, 2.45) is 0 Å². The van der Waals surface area contributed by atoms with Crippen LogP contribution in [0.15, 0.2) is 35.4 Å². The Kier molecular flexibility index (Phi) is 4.37. The highest BCUT2D eigenvalue weighted by molar-refractivity contribution is 5.75. The number of amides is 1. The molecule has 1 amide bonds. The van der Waals surface area contributed by atoms with Crippen LogP contribution in [0.1, 0.15) is 11.4 Å². The van der Waals surface area contributed by atoms with E-state index in [0.29, 0.717) is 36.0 Å². The molecule has 1 aliphatic rings. The summed E-state index contributed by atoms with van der Waals surface area (Å²) in [6.45, 7) is 2.17. The minimum atomic E-state index is -0.392. The van der Waals surface area contributed by atoms with E-state index in [9.17, 15) is 9.59 Å². The average Bonchev–Trinajstić information content (AvgIpc) is 3.36. The van der Waals surface area contributed by atoms with Crippen LogP contribution in [0.5, 0.6) is 11.5 Å². The molecule has 1 aromatic carbocycles. The topological polar surface area (TPSA) is 116 Å². The summed E-state index contributed by atoms with van der Waals surface area (Å²) in [7, 11) is 0. The lowest BCUT2D eigenvalue weighted by Crippen LogP contribution is -2.34. The van der Waals surface area contributed by atoms with Gasteiger partial charge >= 0.3 is 5.69 Å². The molecular formula is C17H18N6O4. The van der Waals surface area contributed by atoms with Crippen LogP contribution in [0.25, 0.3) is 5.69 Å². The molecule has 2 aromatic heterocycles. The number of ether oxygens (including phenoxy) is 2. The maximum atomic E-state index is 12.7. The molecule has 3 aromatic rings. The molecule has 0 unspecified atom stereocenters. The van der Waals surface area contributed by atoms with Crippen molar-refractivity contribution in [2.45, 2.75) is 19.9 Å². The van der Waals surface area contributed by atoms with Crippen LogP contribution in [0.2, 0.25) is 0 Å². The van der Waals surface area contributed by atoms with E-state index in [4.69, 9.17) is 9.47 Å². The van der Waals surface area contributed by atoms with E-state index in [2.05, 4.69) is 20.6 Å². The second-order valence-electron chi connectivity index (χ2n) is 6.07. The lowest BCUT2D eigenvalue weighted by molar-refractivity contribution is -0.121. The molecular weight excluding hydrogens is 352 g/mol. The number of benzene rings is 1. The molecule has 10 heteroatoms. The molecule has 3 heterocycles. The monoisotopic (exact) mass is 370 g/mol. The number of nitrogens with zero attached hydrogens (tertiary/aromatic N) is 4. The van der Waals surface area contributed by atoms with Crippen LogP contribution in [0, 0.1) is 6.92 Å². The molecule has 27 heavy (non-hydrogen) atoms. The number of nitrogens with one attached hydrogen (secondary N) is 2. The molecule has 0 saturated carbocycles. The molecule has 0 spiro atoms. The summed E-state index contributed by atoms with van der Waals surface area (Å²) in [5.74, 6) is 1.40. The predicted octanol–water partition coefficient (Wildman–Crippen LogP) is 0.153. The highest BCUT2D eigenvalue weighted by Gasteiger charge is 2.18. The van der Waals surface area contributed by atoms with Crippen LogP contribution in [0.4, 0.5) is 0 Å². The van der Waals surface area contributed by atoms with Crippen molar-refractivity contribution in [3.63, 3.8) is 0 Å². The van der Waals surface area contributed by atoms with E-state index >= 15 is 0 Å². The quantitative estimate of drug-likeness (QED) is 0.638. The van der Waals surface area contributed by atoms with Gasteiger partial charge in [0.25, 0.3) is 0 Å². The molecule has 1 aliphatic heterocycles. The summed E-state index contributed by atoms with van der Waals surface area (Å²) in [6, 6.07) is 5.20. The van der Waals surface area contributed by atoms with Gasteiger partial charge in [0.1, 0.15) is 12.4 Å². The summed E-state index contributed by atoms with van der Waals surface area (Å²) >= 11 is 0. The molecule has 140 valence electrons. The Balaban J connectivity index is 1.46. The van der Waals surface area contributed by atoms with Crippen molar-refractivity contribution in [1.29, 1.82) is 0 Å². The van der Waals surface area contributed by atoms with Crippen LogP contribution in [-0.2, 0) is 17.8 Å². The second-order valence-corrected chi connectivity index (χ2v) is 6.07. The Bertz CT molecular complexity index is 1020. The molecule has 0 radical (unpaired) electrons. The third-order valence-corrected chi connectivity index (χ3v) is 4.20. The minimum absolute atomic E-state index is 0.150. The zero-order chi connectivity index (χ0) is 18.8. The molecule has 0 bridgehead atoms. The maximum Gasteiger partial charge on any atom is 0.351 e. The highest BCUT2D eigenvalue weighted by atomic mass is 16.7. The van der Waals surface area contributed by atoms with Gasteiger partial charge in [-0.25, -0.2) is 14.0 Å². The number of carbonyl (C=O) groups is 1. The van der Waals surface area contributed by atoms with Gasteiger partial charge in [-0.05, 0) is 31.0 Å². The predicted molar refractivity (Wildman–Crippen MR) is 94.0 cm³/mol. The first-order valence-corrected chi connectivity index (χ1v) is 8.42.